The normalized spacial score (nSPS) is 10.3. The van der Waals surface area contributed by atoms with Gasteiger partial charge in [0.05, 0.1) is 0 Å². The summed E-state index contributed by atoms with van der Waals surface area (Å²) in [7, 11) is 0. The molecular weight excluding hydrogens is 636 g/mol. The van der Waals surface area contributed by atoms with E-state index >= 15 is 0 Å². The Morgan fingerprint density at radius 2 is 0.880 bits per heavy atom. The lowest BCUT2D eigenvalue weighted by Crippen LogP contribution is -2.08. The molecule has 9 nitrogen and oxygen atoms in total. The molecule has 0 aromatic heterocycles. The van der Waals surface area contributed by atoms with E-state index in [1.807, 2.05) is 60.7 Å². The van der Waals surface area contributed by atoms with Crippen LogP contribution in [0.25, 0.3) is 0 Å². The van der Waals surface area contributed by atoms with E-state index in [1.54, 1.807) is 30.3 Å². The van der Waals surface area contributed by atoms with Crippen molar-refractivity contribution < 1.29 is 42.9 Å². The molecule has 254 valence electrons. The Kier molecular flexibility index (Phi) is 13.2. The minimum Gasteiger partial charge on any atom is -0.458 e. The van der Waals surface area contributed by atoms with Gasteiger partial charge in [-0.05, 0) is 46.0 Å². The SMILES string of the molecule is C=CC(=O)OCc1ccc(C(c2ccc(COC(=O)C=C)cc2)c2ccc(Oc3ccccc3COC(=O)C=C)c(COC(=O)C=C)c2)cc1. The summed E-state index contributed by atoms with van der Waals surface area (Å²) in [6.07, 6.45) is 4.39. The maximum Gasteiger partial charge on any atom is 0.330 e. The average molecular weight is 673 g/mol. The van der Waals surface area contributed by atoms with Crippen LogP contribution in [0.2, 0.25) is 0 Å². The molecule has 0 aliphatic rings. The van der Waals surface area contributed by atoms with Gasteiger partial charge in [0.2, 0.25) is 0 Å². The highest BCUT2D eigenvalue weighted by molar-refractivity contribution is 5.82. The third-order valence-corrected chi connectivity index (χ3v) is 7.41. The zero-order chi connectivity index (χ0) is 35.9. The van der Waals surface area contributed by atoms with Gasteiger partial charge in [-0.1, -0.05) is 99.1 Å². The first-order valence-electron chi connectivity index (χ1n) is 15.5. The molecule has 9 heteroatoms. The third kappa shape index (κ3) is 10.3. The molecule has 0 saturated heterocycles. The molecule has 0 spiro atoms. The molecule has 0 amide bonds. The maximum absolute atomic E-state index is 12.1. The fourth-order valence-corrected chi connectivity index (χ4v) is 4.86. The lowest BCUT2D eigenvalue weighted by atomic mass is 9.84. The van der Waals surface area contributed by atoms with Crippen molar-refractivity contribution in [3.05, 3.63) is 181 Å². The van der Waals surface area contributed by atoms with Crippen LogP contribution < -0.4 is 4.74 Å². The van der Waals surface area contributed by atoms with Crippen molar-refractivity contribution in [3.63, 3.8) is 0 Å². The van der Waals surface area contributed by atoms with Crippen LogP contribution in [0.15, 0.2) is 142 Å². The largest absolute Gasteiger partial charge is 0.458 e. The van der Waals surface area contributed by atoms with E-state index in [0.29, 0.717) is 22.6 Å². The summed E-state index contributed by atoms with van der Waals surface area (Å²) >= 11 is 0. The highest BCUT2D eigenvalue weighted by atomic mass is 16.5. The first kappa shape index (κ1) is 36.4. The van der Waals surface area contributed by atoms with Gasteiger partial charge in [0.15, 0.2) is 0 Å². The molecule has 4 aromatic rings. The van der Waals surface area contributed by atoms with Crippen LogP contribution in [0.5, 0.6) is 11.5 Å². The van der Waals surface area contributed by atoms with E-state index in [2.05, 4.69) is 26.3 Å². The molecule has 4 aromatic carbocycles. The minimum absolute atomic E-state index is 0.0342. The lowest BCUT2D eigenvalue weighted by molar-refractivity contribution is -0.139. The molecule has 0 N–H and O–H groups in total. The number of rotatable bonds is 17. The van der Waals surface area contributed by atoms with Crippen molar-refractivity contribution in [2.45, 2.75) is 32.3 Å². The zero-order valence-corrected chi connectivity index (χ0v) is 27.4. The van der Waals surface area contributed by atoms with Crippen LogP contribution in [0.4, 0.5) is 0 Å². The van der Waals surface area contributed by atoms with E-state index in [4.69, 9.17) is 23.7 Å². The molecule has 0 atom stereocenters. The average Bonchev–Trinajstić information content (AvgIpc) is 3.16. The van der Waals surface area contributed by atoms with Crippen molar-refractivity contribution in [3.8, 4) is 11.5 Å². The maximum atomic E-state index is 12.1. The van der Waals surface area contributed by atoms with Gasteiger partial charge in [-0.15, -0.1) is 0 Å². The summed E-state index contributed by atoms with van der Waals surface area (Å²) in [6, 6.07) is 28.0. The zero-order valence-electron chi connectivity index (χ0n) is 27.4. The Morgan fingerprint density at radius 3 is 1.36 bits per heavy atom. The summed E-state index contributed by atoms with van der Waals surface area (Å²) in [6.45, 7) is 13.8. The second kappa shape index (κ2) is 18.2. The predicted octanol–water partition coefficient (Wildman–Crippen LogP) is 7.58. The molecule has 0 saturated carbocycles. The first-order valence-corrected chi connectivity index (χ1v) is 15.5. The van der Waals surface area contributed by atoms with Gasteiger partial charge < -0.3 is 23.7 Å². The van der Waals surface area contributed by atoms with Crippen LogP contribution in [0, 0.1) is 0 Å². The van der Waals surface area contributed by atoms with Crippen molar-refractivity contribution in [1.29, 1.82) is 0 Å². The quantitative estimate of drug-likeness (QED) is 0.0485. The molecule has 0 fully saturated rings. The molecule has 50 heavy (non-hydrogen) atoms. The smallest absolute Gasteiger partial charge is 0.330 e. The van der Waals surface area contributed by atoms with Gasteiger partial charge in [-0.25, -0.2) is 19.2 Å². The topological polar surface area (TPSA) is 114 Å². The number of carbonyl (C=O) groups excluding carboxylic acids is 4. The number of hydrogen-bond acceptors (Lipinski definition) is 9. The second-order valence-electron chi connectivity index (χ2n) is 10.7. The fourth-order valence-electron chi connectivity index (χ4n) is 4.86. The molecule has 0 bridgehead atoms. The Labute approximate surface area is 290 Å². The van der Waals surface area contributed by atoms with Gasteiger partial charge >= 0.3 is 23.9 Å². The van der Waals surface area contributed by atoms with Gasteiger partial charge in [0, 0.05) is 41.3 Å². The Morgan fingerprint density at radius 1 is 0.480 bits per heavy atom. The van der Waals surface area contributed by atoms with E-state index in [9.17, 15) is 19.2 Å². The van der Waals surface area contributed by atoms with Gasteiger partial charge in [-0.3, -0.25) is 0 Å². The van der Waals surface area contributed by atoms with Crippen LogP contribution >= 0.6 is 0 Å². The number of esters is 4. The number of hydrogen-bond donors (Lipinski definition) is 0. The highest BCUT2D eigenvalue weighted by Crippen LogP contribution is 2.37. The van der Waals surface area contributed by atoms with Crippen molar-refractivity contribution in [2.75, 3.05) is 0 Å². The van der Waals surface area contributed by atoms with Gasteiger partial charge in [0.1, 0.15) is 37.9 Å². The summed E-state index contributed by atoms with van der Waals surface area (Å²) in [5.41, 5.74) is 5.48. The lowest BCUT2D eigenvalue weighted by Gasteiger charge is -2.22. The van der Waals surface area contributed by atoms with Crippen molar-refractivity contribution >= 4 is 23.9 Å². The summed E-state index contributed by atoms with van der Waals surface area (Å²) in [5.74, 6) is -1.63. The van der Waals surface area contributed by atoms with Crippen molar-refractivity contribution in [2.24, 2.45) is 0 Å². The van der Waals surface area contributed by atoms with Gasteiger partial charge in [-0.2, -0.15) is 0 Å². The standard InChI is InChI=1S/C41H36O9/c1-5-37(42)46-24-28-13-17-30(18-14-28)41(31-19-15-29(16-20-31)25-47-38(43)6-2)32-21-22-36(34(23-32)27-49-40(45)8-4)50-35-12-10-9-11-33(35)26-48-39(44)7-3/h5-23,41H,1-4,24-27H2. The first-order chi connectivity index (χ1) is 24.2. The van der Waals surface area contributed by atoms with Gasteiger partial charge in [0.25, 0.3) is 0 Å². The van der Waals surface area contributed by atoms with Crippen LogP contribution in [-0.4, -0.2) is 23.9 Å². The summed E-state index contributed by atoms with van der Waals surface area (Å²) < 4.78 is 27.4. The molecular formula is C41H36O9. The predicted molar refractivity (Wildman–Crippen MR) is 187 cm³/mol. The molecule has 0 unspecified atom stereocenters. The Balaban J connectivity index is 1.74. The van der Waals surface area contributed by atoms with E-state index in [1.165, 1.54) is 0 Å². The minimum atomic E-state index is -0.602. The third-order valence-electron chi connectivity index (χ3n) is 7.41. The fraction of sp³-hybridized carbons (Fsp3) is 0.122. The number of benzene rings is 4. The second-order valence-corrected chi connectivity index (χ2v) is 10.7. The molecule has 0 radical (unpaired) electrons. The van der Waals surface area contributed by atoms with E-state index in [0.717, 1.165) is 52.1 Å². The Hall–Kier alpha value is -6.48. The molecule has 4 rings (SSSR count). The number of carbonyl (C=O) groups is 4. The number of ether oxygens (including phenoxy) is 5. The van der Waals surface area contributed by atoms with E-state index in [-0.39, 0.29) is 32.3 Å². The summed E-state index contributed by atoms with van der Waals surface area (Å²) in [5, 5.41) is 0. The summed E-state index contributed by atoms with van der Waals surface area (Å²) in [4.78, 5) is 47.0. The monoisotopic (exact) mass is 672 g/mol. The van der Waals surface area contributed by atoms with Crippen LogP contribution in [0.3, 0.4) is 0 Å². The molecule has 0 heterocycles. The van der Waals surface area contributed by atoms with Crippen molar-refractivity contribution in [1.82, 2.24) is 0 Å². The molecule has 0 aliphatic heterocycles. The van der Waals surface area contributed by atoms with Crippen LogP contribution in [0.1, 0.15) is 44.9 Å². The van der Waals surface area contributed by atoms with Crippen LogP contribution in [-0.2, 0) is 64.6 Å². The number of para-hydroxylation sites is 1. The highest BCUT2D eigenvalue weighted by Gasteiger charge is 2.21. The molecule has 0 aliphatic carbocycles. The van der Waals surface area contributed by atoms with E-state index < -0.39 is 23.9 Å². The Bertz CT molecular complexity index is 1800.